The van der Waals surface area contributed by atoms with Crippen molar-refractivity contribution in [3.8, 4) is 0 Å². The fourth-order valence-corrected chi connectivity index (χ4v) is 8.68. The summed E-state index contributed by atoms with van der Waals surface area (Å²) in [5.74, 6) is -0.708. The summed E-state index contributed by atoms with van der Waals surface area (Å²) in [5.41, 5.74) is 5.76. The molecule has 0 spiro atoms. The molecule has 0 aliphatic rings. The van der Waals surface area contributed by atoms with Gasteiger partial charge in [-0.1, -0.05) is 68.1 Å². The van der Waals surface area contributed by atoms with Crippen LogP contribution in [0.15, 0.2) is 103 Å². The highest BCUT2D eigenvalue weighted by Gasteiger charge is 2.51. The Morgan fingerprint density at radius 1 is 0.867 bits per heavy atom. The summed E-state index contributed by atoms with van der Waals surface area (Å²) in [6, 6.07) is 31.3. The topological polar surface area (TPSA) is 66.9 Å². The van der Waals surface area contributed by atoms with Crippen LogP contribution >= 0.6 is 7.26 Å². The number of nitrogens with two attached hydrogens (primary N) is 1. The molecule has 0 bridgehead atoms. The Labute approximate surface area is 179 Å². The first-order valence-electron chi connectivity index (χ1n) is 10.1. The van der Waals surface area contributed by atoms with Crippen LogP contribution in [0.25, 0.3) is 0 Å². The minimum Gasteiger partial charge on any atom is -0.369 e. The van der Waals surface area contributed by atoms with Gasteiger partial charge >= 0.3 is 0 Å². The number of benzene rings is 3. The third-order valence-electron chi connectivity index (χ3n) is 5.46. The lowest BCUT2D eigenvalue weighted by Crippen LogP contribution is -2.36. The van der Waals surface area contributed by atoms with E-state index >= 15 is 0 Å². The Morgan fingerprint density at radius 3 is 1.53 bits per heavy atom. The van der Waals surface area contributed by atoms with Crippen molar-refractivity contribution in [2.45, 2.75) is 19.8 Å². The zero-order chi connectivity index (χ0) is 21.6. The maximum atomic E-state index is 11.6. The van der Waals surface area contributed by atoms with E-state index in [1.165, 1.54) is 15.9 Å². The van der Waals surface area contributed by atoms with Crippen LogP contribution < -0.4 is 21.6 Å². The molecule has 3 N–H and O–H groups in total. The first-order valence-corrected chi connectivity index (χ1v) is 11.9. The molecule has 0 aliphatic heterocycles. The predicted molar refractivity (Wildman–Crippen MR) is 130 cm³/mol. The lowest BCUT2D eigenvalue weighted by molar-refractivity contribution is -0.116. The van der Waals surface area contributed by atoms with Gasteiger partial charge in [0, 0.05) is 5.71 Å². The molecule has 1 amide bonds. The number of hydrogen-bond acceptors (Lipinski definition) is 2. The van der Waals surface area contributed by atoms with Crippen molar-refractivity contribution in [1.82, 2.24) is 0 Å². The molecule has 152 valence electrons. The second-order valence-corrected chi connectivity index (χ2v) is 10.8. The number of rotatable bonds is 9. The molecule has 0 aliphatic carbocycles. The van der Waals surface area contributed by atoms with Gasteiger partial charge in [-0.25, -0.2) is 0 Å². The number of allylic oxidation sites excluding steroid dienone is 1. The molecule has 3 nitrogen and oxygen atoms in total. The lowest BCUT2D eigenvalue weighted by atomic mass is 9.97. The van der Waals surface area contributed by atoms with Gasteiger partial charge in [0.1, 0.15) is 23.2 Å². The van der Waals surface area contributed by atoms with Crippen molar-refractivity contribution in [3.63, 3.8) is 0 Å². The third-order valence-corrected chi connectivity index (χ3v) is 9.85. The molecule has 0 heterocycles. The van der Waals surface area contributed by atoms with Gasteiger partial charge in [-0.15, -0.1) is 0 Å². The minimum absolute atomic E-state index is 0.0457. The SMILES string of the molecule is C=C(C(CC)C(=N)CC(N)=O)[P+](c1ccccc1)(c1ccccc1)c1ccccc1. The summed E-state index contributed by atoms with van der Waals surface area (Å²) in [5, 5.41) is 13.2. The van der Waals surface area contributed by atoms with E-state index in [0.717, 1.165) is 5.31 Å². The van der Waals surface area contributed by atoms with Crippen LogP contribution in [0.1, 0.15) is 19.8 Å². The molecular weight excluding hydrogens is 387 g/mol. The molecule has 0 saturated carbocycles. The van der Waals surface area contributed by atoms with Crippen molar-refractivity contribution >= 4 is 34.8 Å². The van der Waals surface area contributed by atoms with E-state index in [1.54, 1.807) is 0 Å². The van der Waals surface area contributed by atoms with Gasteiger partial charge in [0.05, 0.1) is 17.7 Å². The van der Waals surface area contributed by atoms with E-state index in [1.807, 2.05) is 25.1 Å². The highest BCUT2D eigenvalue weighted by molar-refractivity contribution is 7.99. The average Bonchev–Trinajstić information content (AvgIpc) is 2.77. The van der Waals surface area contributed by atoms with Crippen LogP contribution in [-0.2, 0) is 4.79 Å². The second-order valence-electron chi connectivity index (χ2n) is 7.30. The van der Waals surface area contributed by atoms with Gasteiger partial charge < -0.3 is 11.1 Å². The van der Waals surface area contributed by atoms with Crippen molar-refractivity contribution in [2.75, 3.05) is 0 Å². The molecule has 3 rings (SSSR count). The van der Waals surface area contributed by atoms with Crippen molar-refractivity contribution in [2.24, 2.45) is 11.7 Å². The van der Waals surface area contributed by atoms with Crippen LogP contribution in [0.5, 0.6) is 0 Å². The predicted octanol–water partition coefficient (Wildman–Crippen LogP) is 4.42. The Balaban J connectivity index is 2.32. The van der Waals surface area contributed by atoms with Crippen molar-refractivity contribution < 1.29 is 4.79 Å². The second kappa shape index (κ2) is 9.65. The molecule has 0 fully saturated rings. The summed E-state index contributed by atoms with van der Waals surface area (Å²) in [7, 11) is -2.30. The number of nitrogens with one attached hydrogen (secondary N) is 1. The maximum absolute atomic E-state index is 11.6. The molecule has 3 aromatic carbocycles. The smallest absolute Gasteiger partial charge is 0.223 e. The molecular formula is C26H28N2OP+. The quantitative estimate of drug-likeness (QED) is 0.394. The fraction of sp³-hybridized carbons (Fsp3) is 0.154. The first-order chi connectivity index (χ1) is 14.5. The molecule has 4 heteroatoms. The summed E-state index contributed by atoms with van der Waals surface area (Å²) >= 11 is 0. The zero-order valence-corrected chi connectivity index (χ0v) is 18.2. The molecule has 1 atom stereocenters. The standard InChI is InChI=1S/C26H27N2OP/c1-3-24(25(27)19-26(28)29)20(2)30(21-13-7-4-8-14-21,22-15-9-5-10-16-22)23-17-11-6-12-18-23/h4-18,24,27H,2-3,19H2,1H3,(H-,28,29)/p+1. The maximum Gasteiger partial charge on any atom is 0.223 e. The Morgan fingerprint density at radius 2 is 1.23 bits per heavy atom. The molecule has 0 aromatic heterocycles. The van der Waals surface area contributed by atoms with Gasteiger partial charge in [-0.05, 0) is 42.8 Å². The first kappa shape index (κ1) is 21.7. The number of hydrogen-bond donors (Lipinski definition) is 2. The van der Waals surface area contributed by atoms with E-state index in [0.29, 0.717) is 12.1 Å². The lowest BCUT2D eigenvalue weighted by Gasteiger charge is -2.32. The summed E-state index contributed by atoms with van der Waals surface area (Å²) in [6.45, 7) is 6.66. The Hall–Kier alpha value is -3.03. The van der Waals surface area contributed by atoms with Crippen LogP contribution in [0, 0.1) is 11.3 Å². The van der Waals surface area contributed by atoms with Crippen LogP contribution in [0.3, 0.4) is 0 Å². The number of carbonyl (C=O) groups excluding carboxylic acids is 1. The fourth-order valence-electron chi connectivity index (χ4n) is 4.13. The minimum atomic E-state index is -2.30. The van der Waals surface area contributed by atoms with Gasteiger partial charge in [-0.3, -0.25) is 4.79 Å². The van der Waals surface area contributed by atoms with E-state index in [-0.39, 0.29) is 12.3 Å². The highest BCUT2D eigenvalue weighted by Crippen LogP contribution is 2.64. The zero-order valence-electron chi connectivity index (χ0n) is 17.3. The number of amides is 1. The summed E-state index contributed by atoms with van der Waals surface area (Å²) < 4.78 is 0. The van der Waals surface area contributed by atoms with E-state index in [9.17, 15) is 4.79 Å². The van der Waals surface area contributed by atoms with Gasteiger partial charge in [0.15, 0.2) is 0 Å². The van der Waals surface area contributed by atoms with Crippen LogP contribution in [0.4, 0.5) is 0 Å². The summed E-state index contributed by atoms with van der Waals surface area (Å²) in [4.78, 5) is 11.6. The molecule has 3 aromatic rings. The van der Waals surface area contributed by atoms with Crippen molar-refractivity contribution in [3.05, 3.63) is 103 Å². The molecule has 1 unspecified atom stereocenters. The summed E-state index contributed by atoms with van der Waals surface area (Å²) in [6.07, 6.45) is 0.648. The van der Waals surface area contributed by atoms with Crippen LogP contribution in [0.2, 0.25) is 0 Å². The van der Waals surface area contributed by atoms with Crippen LogP contribution in [-0.4, -0.2) is 11.6 Å². The van der Waals surface area contributed by atoms with E-state index < -0.39 is 13.2 Å². The monoisotopic (exact) mass is 415 g/mol. The number of primary amides is 1. The average molecular weight is 415 g/mol. The molecule has 30 heavy (non-hydrogen) atoms. The largest absolute Gasteiger partial charge is 0.369 e. The Kier molecular flexibility index (Phi) is 6.97. The van der Waals surface area contributed by atoms with Gasteiger partial charge in [0.2, 0.25) is 5.91 Å². The molecule has 0 saturated heterocycles. The molecule has 0 radical (unpaired) electrons. The Bertz CT molecular complexity index is 920. The highest BCUT2D eigenvalue weighted by atomic mass is 31.2. The van der Waals surface area contributed by atoms with E-state index in [2.05, 4.69) is 79.4 Å². The van der Waals surface area contributed by atoms with E-state index in [4.69, 9.17) is 11.1 Å². The number of carbonyl (C=O) groups is 1. The van der Waals surface area contributed by atoms with Gasteiger partial charge in [0.25, 0.3) is 0 Å². The normalized spacial score (nSPS) is 12.2. The third kappa shape index (κ3) is 4.13. The van der Waals surface area contributed by atoms with Crippen molar-refractivity contribution in [1.29, 1.82) is 5.41 Å². The van der Waals surface area contributed by atoms with Gasteiger partial charge in [-0.2, -0.15) is 0 Å².